The van der Waals surface area contributed by atoms with E-state index in [1.807, 2.05) is 19.9 Å². The Balaban J connectivity index is 3.19. The molecule has 1 heterocycles. The van der Waals surface area contributed by atoms with E-state index < -0.39 is 5.91 Å². The van der Waals surface area contributed by atoms with E-state index in [0.29, 0.717) is 17.1 Å². The van der Waals surface area contributed by atoms with Gasteiger partial charge in [-0.05, 0) is 19.9 Å². The fraction of sp³-hybridized carbons (Fsp3) is 0.364. The number of aromatic nitrogens is 1. The summed E-state index contributed by atoms with van der Waals surface area (Å²) >= 11 is 0. The van der Waals surface area contributed by atoms with Crippen LogP contribution in [0.25, 0.3) is 0 Å². The second-order valence-corrected chi connectivity index (χ2v) is 3.94. The van der Waals surface area contributed by atoms with Gasteiger partial charge in [0.2, 0.25) is 5.91 Å². The van der Waals surface area contributed by atoms with Crippen molar-refractivity contribution in [1.82, 2.24) is 4.98 Å². The van der Waals surface area contributed by atoms with E-state index in [1.54, 1.807) is 4.90 Å². The van der Waals surface area contributed by atoms with Gasteiger partial charge in [-0.1, -0.05) is 0 Å². The third-order valence-corrected chi connectivity index (χ3v) is 2.23. The Kier molecular flexibility index (Phi) is 3.88. The average Bonchev–Trinajstić information content (AvgIpc) is 2.25. The fourth-order valence-electron chi connectivity index (χ4n) is 1.45. The van der Waals surface area contributed by atoms with Crippen molar-refractivity contribution in [3.05, 3.63) is 17.8 Å². The smallest absolute Gasteiger partial charge is 0.237 e. The van der Waals surface area contributed by atoms with Crippen LogP contribution in [0.15, 0.2) is 12.3 Å². The number of amides is 1. The molecule has 90 valence electrons. The van der Waals surface area contributed by atoms with E-state index in [0.717, 1.165) is 0 Å². The highest BCUT2D eigenvalue weighted by atomic mass is 16.1. The number of primary amides is 1. The minimum atomic E-state index is -0.471. The van der Waals surface area contributed by atoms with Crippen LogP contribution in [0.1, 0.15) is 19.4 Å². The summed E-state index contributed by atoms with van der Waals surface area (Å²) in [6.07, 6.45) is 1.45. The second kappa shape index (κ2) is 5.16. The van der Waals surface area contributed by atoms with Gasteiger partial charge in [0, 0.05) is 6.04 Å². The van der Waals surface area contributed by atoms with Crippen LogP contribution in [0.4, 0.5) is 11.5 Å². The van der Waals surface area contributed by atoms with Gasteiger partial charge in [0.05, 0.1) is 24.0 Å². The van der Waals surface area contributed by atoms with Crippen LogP contribution in [0.2, 0.25) is 0 Å². The number of carbonyl (C=O) groups excluding carboxylic acids is 1. The van der Waals surface area contributed by atoms with Gasteiger partial charge < -0.3 is 16.4 Å². The van der Waals surface area contributed by atoms with Crippen molar-refractivity contribution in [2.45, 2.75) is 19.9 Å². The van der Waals surface area contributed by atoms with E-state index in [4.69, 9.17) is 16.7 Å². The first kappa shape index (κ1) is 12.8. The Morgan fingerprint density at radius 2 is 2.29 bits per heavy atom. The summed E-state index contributed by atoms with van der Waals surface area (Å²) in [7, 11) is 0. The van der Waals surface area contributed by atoms with Crippen molar-refractivity contribution in [2.75, 3.05) is 17.2 Å². The number of nitrogens with two attached hydrogens (primary N) is 2. The average molecular weight is 233 g/mol. The van der Waals surface area contributed by atoms with Gasteiger partial charge in [-0.25, -0.2) is 4.98 Å². The fourth-order valence-corrected chi connectivity index (χ4v) is 1.45. The molecule has 0 bridgehead atoms. The standard InChI is InChI=1S/C11H15N5O/c1-7(2)16(6-10(14)17)11-8(4-12)3-9(13)5-15-11/h3,5,7H,6,13H2,1-2H3,(H2,14,17). The molecular weight excluding hydrogens is 218 g/mol. The van der Waals surface area contributed by atoms with Crippen molar-refractivity contribution < 1.29 is 4.79 Å². The summed E-state index contributed by atoms with van der Waals surface area (Å²) in [4.78, 5) is 16.8. The summed E-state index contributed by atoms with van der Waals surface area (Å²) < 4.78 is 0. The third-order valence-electron chi connectivity index (χ3n) is 2.23. The molecule has 0 saturated carbocycles. The molecule has 1 rings (SSSR count). The largest absolute Gasteiger partial charge is 0.397 e. The number of nitriles is 1. The Morgan fingerprint density at radius 3 is 2.76 bits per heavy atom. The number of anilines is 2. The van der Waals surface area contributed by atoms with Gasteiger partial charge in [-0.2, -0.15) is 5.26 Å². The predicted molar refractivity (Wildman–Crippen MR) is 65.0 cm³/mol. The lowest BCUT2D eigenvalue weighted by molar-refractivity contribution is -0.116. The lowest BCUT2D eigenvalue weighted by Crippen LogP contribution is -2.39. The summed E-state index contributed by atoms with van der Waals surface area (Å²) in [5, 5.41) is 9.02. The van der Waals surface area contributed by atoms with Gasteiger partial charge in [0.1, 0.15) is 11.9 Å². The van der Waals surface area contributed by atoms with Gasteiger partial charge in [-0.3, -0.25) is 4.79 Å². The lowest BCUT2D eigenvalue weighted by atomic mass is 10.2. The molecule has 0 atom stereocenters. The zero-order valence-corrected chi connectivity index (χ0v) is 9.84. The van der Waals surface area contributed by atoms with Crippen LogP contribution in [-0.4, -0.2) is 23.5 Å². The molecule has 1 aromatic rings. The monoisotopic (exact) mass is 233 g/mol. The molecule has 0 aliphatic heterocycles. The summed E-state index contributed by atoms with van der Waals surface area (Å²) in [5.74, 6) is -0.0447. The van der Waals surface area contributed by atoms with E-state index in [1.165, 1.54) is 12.3 Å². The number of nitrogens with zero attached hydrogens (tertiary/aromatic N) is 3. The molecule has 6 nitrogen and oxygen atoms in total. The van der Waals surface area contributed by atoms with Crippen LogP contribution in [0.3, 0.4) is 0 Å². The van der Waals surface area contributed by atoms with E-state index in [-0.39, 0.29) is 12.6 Å². The Morgan fingerprint density at radius 1 is 1.65 bits per heavy atom. The quantitative estimate of drug-likeness (QED) is 0.774. The molecule has 6 heteroatoms. The van der Waals surface area contributed by atoms with Crippen molar-refractivity contribution >= 4 is 17.4 Å². The molecule has 1 aromatic heterocycles. The molecule has 0 aromatic carbocycles. The van der Waals surface area contributed by atoms with Gasteiger partial charge in [0.25, 0.3) is 0 Å². The molecule has 0 unspecified atom stereocenters. The van der Waals surface area contributed by atoms with Gasteiger partial charge >= 0.3 is 0 Å². The van der Waals surface area contributed by atoms with Crippen molar-refractivity contribution in [3.63, 3.8) is 0 Å². The number of hydrogen-bond donors (Lipinski definition) is 2. The summed E-state index contributed by atoms with van der Waals surface area (Å²) in [6.45, 7) is 3.80. The maximum Gasteiger partial charge on any atom is 0.237 e. The number of nitrogen functional groups attached to an aromatic ring is 1. The van der Waals surface area contributed by atoms with E-state index in [2.05, 4.69) is 4.98 Å². The van der Waals surface area contributed by atoms with E-state index >= 15 is 0 Å². The first-order valence-corrected chi connectivity index (χ1v) is 5.16. The van der Waals surface area contributed by atoms with E-state index in [9.17, 15) is 4.79 Å². The molecule has 0 radical (unpaired) electrons. The zero-order valence-electron chi connectivity index (χ0n) is 9.84. The minimum absolute atomic E-state index is 0.00530. The van der Waals surface area contributed by atoms with Crippen LogP contribution in [0, 0.1) is 11.3 Å². The minimum Gasteiger partial charge on any atom is -0.397 e. The number of carbonyl (C=O) groups is 1. The van der Waals surface area contributed by atoms with Crippen LogP contribution in [-0.2, 0) is 4.79 Å². The maximum atomic E-state index is 11.0. The SMILES string of the molecule is CC(C)N(CC(N)=O)c1ncc(N)cc1C#N. The summed E-state index contributed by atoms with van der Waals surface area (Å²) in [6, 6.07) is 3.54. The first-order chi connectivity index (χ1) is 7.95. The first-order valence-electron chi connectivity index (χ1n) is 5.16. The number of pyridine rings is 1. The normalized spacial score (nSPS) is 10.0. The highest BCUT2D eigenvalue weighted by Gasteiger charge is 2.18. The molecule has 0 aliphatic carbocycles. The lowest BCUT2D eigenvalue weighted by Gasteiger charge is -2.27. The van der Waals surface area contributed by atoms with Gasteiger partial charge in [-0.15, -0.1) is 0 Å². The van der Waals surface area contributed by atoms with Crippen molar-refractivity contribution in [1.29, 1.82) is 5.26 Å². The molecular formula is C11H15N5O. The second-order valence-electron chi connectivity index (χ2n) is 3.94. The van der Waals surface area contributed by atoms with Crippen LogP contribution >= 0.6 is 0 Å². The van der Waals surface area contributed by atoms with Crippen molar-refractivity contribution in [3.8, 4) is 6.07 Å². The third kappa shape index (κ3) is 3.08. The number of hydrogen-bond acceptors (Lipinski definition) is 5. The predicted octanol–water partition coefficient (Wildman–Crippen LogP) is 0.236. The molecule has 1 amide bonds. The highest BCUT2D eigenvalue weighted by Crippen LogP contribution is 2.20. The van der Waals surface area contributed by atoms with Gasteiger partial charge in [0.15, 0.2) is 0 Å². The highest BCUT2D eigenvalue weighted by molar-refractivity contribution is 5.80. The molecule has 0 saturated heterocycles. The van der Waals surface area contributed by atoms with Crippen molar-refractivity contribution in [2.24, 2.45) is 5.73 Å². The number of rotatable bonds is 4. The molecule has 0 spiro atoms. The molecule has 0 fully saturated rings. The zero-order chi connectivity index (χ0) is 13.0. The Hall–Kier alpha value is -2.29. The molecule has 4 N–H and O–H groups in total. The Labute approximate surface area is 99.8 Å². The molecule has 17 heavy (non-hydrogen) atoms. The van der Waals surface area contributed by atoms with Crippen LogP contribution < -0.4 is 16.4 Å². The molecule has 0 aliphatic rings. The summed E-state index contributed by atoms with van der Waals surface area (Å²) in [5.41, 5.74) is 11.5. The van der Waals surface area contributed by atoms with Crippen LogP contribution in [0.5, 0.6) is 0 Å². The maximum absolute atomic E-state index is 11.0. The Bertz CT molecular complexity index is 463. The topological polar surface area (TPSA) is 109 Å².